The topological polar surface area (TPSA) is 81.4 Å². The van der Waals surface area contributed by atoms with Gasteiger partial charge in [0.1, 0.15) is 18.1 Å². The van der Waals surface area contributed by atoms with Crippen LogP contribution >= 0.6 is 11.6 Å². The number of halogens is 1. The van der Waals surface area contributed by atoms with Crippen LogP contribution in [0, 0.1) is 0 Å². The van der Waals surface area contributed by atoms with Gasteiger partial charge in [-0.05, 0) is 36.6 Å². The molecule has 32 heavy (non-hydrogen) atoms. The SMILES string of the molecule is O=C(COc1ncnc2ccccc12)N1CCC[C@@H]1c1ncc(Cc2ccccc2Cl)o1. The highest BCUT2D eigenvalue weighted by atomic mass is 35.5. The van der Waals surface area contributed by atoms with Crippen LogP contribution in [0.25, 0.3) is 10.9 Å². The van der Waals surface area contributed by atoms with Gasteiger partial charge in [-0.2, -0.15) is 0 Å². The normalized spacial score (nSPS) is 15.9. The minimum Gasteiger partial charge on any atom is -0.467 e. The van der Waals surface area contributed by atoms with Crippen molar-refractivity contribution < 1.29 is 13.9 Å². The minimum absolute atomic E-state index is 0.106. The van der Waals surface area contributed by atoms with Gasteiger partial charge in [-0.3, -0.25) is 4.79 Å². The molecule has 8 heteroatoms. The third-order valence-electron chi connectivity index (χ3n) is 5.59. The van der Waals surface area contributed by atoms with Crippen molar-refractivity contribution in [1.82, 2.24) is 19.9 Å². The number of aromatic nitrogens is 3. The van der Waals surface area contributed by atoms with Gasteiger partial charge in [-0.15, -0.1) is 0 Å². The summed E-state index contributed by atoms with van der Waals surface area (Å²) in [6, 6.07) is 15.0. The highest BCUT2D eigenvalue weighted by Crippen LogP contribution is 2.32. The van der Waals surface area contributed by atoms with E-state index in [0.29, 0.717) is 29.8 Å². The zero-order valence-corrected chi connectivity index (χ0v) is 18.0. The first kappa shape index (κ1) is 20.5. The number of oxazole rings is 1. The molecule has 1 aliphatic heterocycles. The molecule has 162 valence electrons. The predicted molar refractivity (Wildman–Crippen MR) is 119 cm³/mol. The number of hydrogen-bond acceptors (Lipinski definition) is 6. The number of carbonyl (C=O) groups is 1. The average Bonchev–Trinajstić information content (AvgIpc) is 3.48. The number of likely N-dealkylation sites (tertiary alicyclic amines) is 1. The van der Waals surface area contributed by atoms with Crippen LogP contribution in [0.3, 0.4) is 0 Å². The lowest BCUT2D eigenvalue weighted by Gasteiger charge is -2.22. The molecule has 1 fully saturated rings. The second-order valence-electron chi connectivity index (χ2n) is 7.66. The highest BCUT2D eigenvalue weighted by Gasteiger charge is 2.33. The Bertz CT molecular complexity index is 1250. The molecule has 0 saturated carbocycles. The lowest BCUT2D eigenvalue weighted by Crippen LogP contribution is -2.34. The Labute approximate surface area is 190 Å². The van der Waals surface area contributed by atoms with Crippen LogP contribution in [-0.4, -0.2) is 38.9 Å². The Morgan fingerprint density at radius 2 is 1.97 bits per heavy atom. The summed E-state index contributed by atoms with van der Waals surface area (Å²) in [6.45, 7) is 0.532. The van der Waals surface area contributed by atoms with Gasteiger partial charge in [-0.25, -0.2) is 15.0 Å². The van der Waals surface area contributed by atoms with E-state index < -0.39 is 0 Å². The maximum absolute atomic E-state index is 13.0. The molecule has 1 aliphatic rings. The third-order valence-corrected chi connectivity index (χ3v) is 5.96. The number of benzene rings is 2. The van der Waals surface area contributed by atoms with E-state index in [1.165, 1.54) is 6.33 Å². The number of carbonyl (C=O) groups excluding carboxylic acids is 1. The van der Waals surface area contributed by atoms with Crippen molar-refractivity contribution in [3.8, 4) is 5.88 Å². The van der Waals surface area contributed by atoms with Gasteiger partial charge in [0, 0.05) is 18.0 Å². The molecular weight excluding hydrogens is 428 g/mol. The summed E-state index contributed by atoms with van der Waals surface area (Å²) in [4.78, 5) is 27.6. The van der Waals surface area contributed by atoms with Crippen LogP contribution in [0.5, 0.6) is 5.88 Å². The monoisotopic (exact) mass is 448 g/mol. The fraction of sp³-hybridized carbons (Fsp3) is 0.250. The predicted octanol–water partition coefficient (Wildman–Crippen LogP) is 4.60. The number of nitrogens with zero attached hydrogens (tertiary/aromatic N) is 4. The molecule has 0 aliphatic carbocycles. The molecule has 0 bridgehead atoms. The van der Waals surface area contributed by atoms with Gasteiger partial charge in [0.2, 0.25) is 11.8 Å². The highest BCUT2D eigenvalue weighted by molar-refractivity contribution is 6.31. The molecule has 0 radical (unpaired) electrons. The summed E-state index contributed by atoms with van der Waals surface area (Å²) in [6.07, 6.45) is 5.39. The molecule has 1 atom stereocenters. The van der Waals surface area contributed by atoms with E-state index in [1.54, 1.807) is 11.1 Å². The van der Waals surface area contributed by atoms with Crippen molar-refractivity contribution in [3.63, 3.8) is 0 Å². The maximum Gasteiger partial charge on any atom is 0.261 e. The minimum atomic E-state index is -0.201. The molecule has 1 amide bonds. The fourth-order valence-electron chi connectivity index (χ4n) is 4.02. The van der Waals surface area contributed by atoms with E-state index in [-0.39, 0.29) is 18.6 Å². The van der Waals surface area contributed by atoms with Gasteiger partial charge >= 0.3 is 0 Å². The first-order valence-electron chi connectivity index (χ1n) is 10.5. The van der Waals surface area contributed by atoms with Gasteiger partial charge in [0.15, 0.2) is 6.61 Å². The number of rotatable bonds is 6. The Morgan fingerprint density at radius 1 is 1.12 bits per heavy atom. The van der Waals surface area contributed by atoms with Crippen LogP contribution < -0.4 is 4.74 Å². The third kappa shape index (κ3) is 4.16. The Kier molecular flexibility index (Phi) is 5.73. The quantitative estimate of drug-likeness (QED) is 0.428. The molecular formula is C24H21ClN4O3. The summed E-state index contributed by atoms with van der Waals surface area (Å²) in [7, 11) is 0. The Morgan fingerprint density at radius 3 is 2.88 bits per heavy atom. The molecule has 5 rings (SSSR count). The molecule has 4 aromatic rings. The molecule has 7 nitrogen and oxygen atoms in total. The van der Waals surface area contributed by atoms with Gasteiger partial charge in [0.05, 0.1) is 17.1 Å². The largest absolute Gasteiger partial charge is 0.467 e. The number of hydrogen-bond donors (Lipinski definition) is 0. The van der Waals surface area contributed by atoms with Crippen LogP contribution in [0.4, 0.5) is 0 Å². The lowest BCUT2D eigenvalue weighted by molar-refractivity contribution is -0.134. The van der Waals surface area contributed by atoms with E-state index in [9.17, 15) is 4.79 Å². The molecule has 0 unspecified atom stereocenters. The molecule has 2 aromatic heterocycles. The van der Waals surface area contributed by atoms with E-state index in [4.69, 9.17) is 20.8 Å². The molecule has 3 heterocycles. The standard InChI is InChI=1S/C24H21ClN4O3/c25-19-8-3-1-6-16(19)12-17-13-26-24(32-17)21-10-5-11-29(21)22(30)14-31-23-18-7-2-4-9-20(18)27-15-28-23/h1-4,6-9,13,15,21H,5,10-12,14H2/t21-/m1/s1. The zero-order valence-electron chi connectivity index (χ0n) is 17.3. The van der Waals surface area contributed by atoms with Crippen molar-refractivity contribution >= 4 is 28.4 Å². The van der Waals surface area contributed by atoms with Crippen molar-refractivity contribution in [2.75, 3.05) is 13.2 Å². The zero-order chi connectivity index (χ0) is 21.9. The summed E-state index contributed by atoms with van der Waals surface area (Å²) in [5.41, 5.74) is 1.75. The summed E-state index contributed by atoms with van der Waals surface area (Å²) in [5.74, 6) is 1.54. The van der Waals surface area contributed by atoms with Crippen molar-refractivity contribution in [3.05, 3.63) is 83.3 Å². The molecule has 2 aromatic carbocycles. The van der Waals surface area contributed by atoms with Crippen molar-refractivity contribution in [1.29, 1.82) is 0 Å². The van der Waals surface area contributed by atoms with Crippen LogP contribution in [-0.2, 0) is 11.2 Å². The summed E-state index contributed by atoms with van der Waals surface area (Å²) < 4.78 is 11.8. The van der Waals surface area contributed by atoms with Gasteiger partial charge in [-0.1, -0.05) is 41.9 Å². The first-order chi connectivity index (χ1) is 15.7. The van der Waals surface area contributed by atoms with E-state index in [0.717, 1.165) is 35.1 Å². The smallest absolute Gasteiger partial charge is 0.261 e. The number of fused-ring (bicyclic) bond motifs is 1. The van der Waals surface area contributed by atoms with E-state index in [2.05, 4.69) is 15.0 Å². The second kappa shape index (κ2) is 8.96. The summed E-state index contributed by atoms with van der Waals surface area (Å²) >= 11 is 6.26. The van der Waals surface area contributed by atoms with Gasteiger partial charge < -0.3 is 14.1 Å². The molecule has 1 saturated heterocycles. The maximum atomic E-state index is 13.0. The van der Waals surface area contributed by atoms with Crippen molar-refractivity contribution in [2.24, 2.45) is 0 Å². The Balaban J connectivity index is 1.27. The molecule has 0 spiro atoms. The van der Waals surface area contributed by atoms with Crippen LogP contribution in [0.1, 0.15) is 36.1 Å². The van der Waals surface area contributed by atoms with Crippen LogP contribution in [0.15, 0.2) is 65.5 Å². The number of para-hydroxylation sites is 1. The lowest BCUT2D eigenvalue weighted by atomic mass is 10.1. The number of amides is 1. The van der Waals surface area contributed by atoms with E-state index >= 15 is 0 Å². The summed E-state index contributed by atoms with van der Waals surface area (Å²) in [5, 5.41) is 1.47. The fourth-order valence-corrected chi connectivity index (χ4v) is 4.22. The second-order valence-corrected chi connectivity index (χ2v) is 8.07. The van der Waals surface area contributed by atoms with Crippen molar-refractivity contribution in [2.45, 2.75) is 25.3 Å². The average molecular weight is 449 g/mol. The van der Waals surface area contributed by atoms with Crippen LogP contribution in [0.2, 0.25) is 5.02 Å². The Hall–Kier alpha value is -3.45. The molecule has 0 N–H and O–H groups in total. The number of ether oxygens (including phenoxy) is 1. The van der Waals surface area contributed by atoms with Gasteiger partial charge in [0.25, 0.3) is 5.91 Å². The van der Waals surface area contributed by atoms with E-state index in [1.807, 2.05) is 48.5 Å². The first-order valence-corrected chi connectivity index (χ1v) is 10.9.